The highest BCUT2D eigenvalue weighted by Crippen LogP contribution is 2.60. The molecule has 3 nitrogen and oxygen atoms in total. The van der Waals surface area contributed by atoms with Crippen LogP contribution in [0.1, 0.15) is 0 Å². The summed E-state index contributed by atoms with van der Waals surface area (Å²) in [6, 6.07) is 57.9. The van der Waals surface area contributed by atoms with E-state index < -0.39 is 0 Å². The molecule has 10 rings (SSSR count). The Kier molecular flexibility index (Phi) is 5.57. The summed E-state index contributed by atoms with van der Waals surface area (Å²) in [5, 5.41) is 5.03. The van der Waals surface area contributed by atoms with Gasteiger partial charge in [0.2, 0.25) is 0 Å². The standard InChI is InChI=1S/C44H27NO2/c1-3-15-35-30(11-1)25-31-12-2-4-16-36(31)43(35)29-23-21-28(22-24-29)33-13-5-6-14-34(33)32-26-41-44-42(27-32)47-40-20-10-8-18-38(40)45(44)37-17-7-9-19-39(37)46-41/h1-27H. The van der Waals surface area contributed by atoms with Crippen LogP contribution in [0.3, 0.4) is 0 Å². The molecule has 47 heavy (non-hydrogen) atoms. The topological polar surface area (TPSA) is 21.7 Å². The SMILES string of the molecule is c1ccc2c(c1)Oc1cc(-c3ccccc3-c3ccc(-c4c5ccccc5cc5ccccc45)cc3)cc3c1N2c1ccccc1O3. The van der Waals surface area contributed by atoms with Crippen LogP contribution in [0.15, 0.2) is 164 Å². The summed E-state index contributed by atoms with van der Waals surface area (Å²) >= 11 is 0. The maximum absolute atomic E-state index is 6.56. The molecule has 220 valence electrons. The van der Waals surface area contributed by atoms with Crippen LogP contribution >= 0.6 is 0 Å². The summed E-state index contributed by atoms with van der Waals surface area (Å²) in [4.78, 5) is 2.26. The van der Waals surface area contributed by atoms with Crippen LogP contribution in [0, 0.1) is 0 Å². The molecule has 3 heteroatoms. The summed E-state index contributed by atoms with van der Waals surface area (Å²) in [5.74, 6) is 3.20. The number of nitrogens with zero attached hydrogens (tertiary/aromatic N) is 1. The molecule has 0 unspecified atom stereocenters. The highest BCUT2D eigenvalue weighted by atomic mass is 16.5. The van der Waals surface area contributed by atoms with Crippen LogP contribution < -0.4 is 14.4 Å². The average Bonchev–Trinajstić information content (AvgIpc) is 3.13. The first-order chi connectivity index (χ1) is 23.3. The number of ether oxygens (including phenoxy) is 2. The van der Waals surface area contributed by atoms with Crippen molar-refractivity contribution >= 4 is 38.6 Å². The van der Waals surface area contributed by atoms with Gasteiger partial charge in [0.05, 0.1) is 11.4 Å². The second kappa shape index (κ2) is 10.1. The van der Waals surface area contributed by atoms with Gasteiger partial charge in [-0.1, -0.05) is 121 Å². The Morgan fingerprint density at radius 2 is 0.830 bits per heavy atom. The summed E-state index contributed by atoms with van der Waals surface area (Å²) in [6.07, 6.45) is 0. The van der Waals surface area contributed by atoms with Gasteiger partial charge in [0, 0.05) is 0 Å². The van der Waals surface area contributed by atoms with Crippen molar-refractivity contribution < 1.29 is 9.47 Å². The highest BCUT2D eigenvalue weighted by molar-refractivity contribution is 6.12. The van der Waals surface area contributed by atoms with Gasteiger partial charge in [-0.25, -0.2) is 0 Å². The second-order valence-electron chi connectivity index (χ2n) is 12.1. The van der Waals surface area contributed by atoms with Crippen molar-refractivity contribution in [3.63, 3.8) is 0 Å². The van der Waals surface area contributed by atoms with Crippen LogP contribution in [0.25, 0.3) is 54.9 Å². The predicted molar refractivity (Wildman–Crippen MR) is 193 cm³/mol. The molecule has 0 aromatic heterocycles. The molecular weight excluding hydrogens is 574 g/mol. The first kappa shape index (κ1) is 26.0. The molecule has 0 bridgehead atoms. The predicted octanol–water partition coefficient (Wildman–Crippen LogP) is 12.7. The number of anilines is 3. The zero-order chi connectivity index (χ0) is 30.9. The van der Waals surface area contributed by atoms with Crippen molar-refractivity contribution in [2.75, 3.05) is 4.90 Å². The summed E-state index contributed by atoms with van der Waals surface area (Å²) in [7, 11) is 0. The fraction of sp³-hybridized carbons (Fsp3) is 0. The van der Waals surface area contributed by atoms with Gasteiger partial charge in [0.1, 0.15) is 5.69 Å². The van der Waals surface area contributed by atoms with Crippen LogP contribution in [-0.4, -0.2) is 0 Å². The van der Waals surface area contributed by atoms with E-state index in [2.05, 4.69) is 132 Å². The first-order valence-electron chi connectivity index (χ1n) is 15.9. The largest absolute Gasteiger partial charge is 0.453 e. The van der Waals surface area contributed by atoms with Crippen LogP contribution in [0.5, 0.6) is 23.0 Å². The van der Waals surface area contributed by atoms with Crippen molar-refractivity contribution in [1.82, 2.24) is 0 Å². The molecule has 0 atom stereocenters. The highest BCUT2D eigenvalue weighted by Gasteiger charge is 2.35. The van der Waals surface area contributed by atoms with E-state index in [1.165, 1.54) is 32.7 Å². The molecule has 8 aromatic carbocycles. The smallest absolute Gasteiger partial charge is 0.156 e. The Bertz CT molecular complexity index is 2410. The minimum Gasteiger partial charge on any atom is -0.453 e. The summed E-state index contributed by atoms with van der Waals surface area (Å²) < 4.78 is 13.1. The quantitative estimate of drug-likeness (QED) is 0.188. The maximum Gasteiger partial charge on any atom is 0.156 e. The molecule has 2 aliphatic heterocycles. The molecule has 0 saturated carbocycles. The van der Waals surface area contributed by atoms with Crippen LogP contribution in [0.4, 0.5) is 17.1 Å². The van der Waals surface area contributed by atoms with Crippen LogP contribution in [0.2, 0.25) is 0 Å². The van der Waals surface area contributed by atoms with E-state index >= 15 is 0 Å². The number of hydrogen-bond acceptors (Lipinski definition) is 3. The van der Waals surface area contributed by atoms with Gasteiger partial charge < -0.3 is 9.47 Å². The Morgan fingerprint density at radius 1 is 0.362 bits per heavy atom. The van der Waals surface area contributed by atoms with Gasteiger partial charge in [-0.05, 0) is 97.4 Å². The molecule has 8 aromatic rings. The van der Waals surface area contributed by atoms with E-state index in [1.807, 2.05) is 36.4 Å². The number of fused-ring (bicyclic) bond motifs is 6. The molecule has 0 amide bonds. The Morgan fingerprint density at radius 3 is 1.43 bits per heavy atom. The zero-order valence-corrected chi connectivity index (χ0v) is 25.4. The Labute approximate surface area is 272 Å². The molecule has 0 N–H and O–H groups in total. The van der Waals surface area contributed by atoms with E-state index in [4.69, 9.17) is 9.47 Å². The first-order valence-corrected chi connectivity index (χ1v) is 15.9. The van der Waals surface area contributed by atoms with Crippen molar-refractivity contribution in [2.24, 2.45) is 0 Å². The van der Waals surface area contributed by atoms with E-state index in [1.54, 1.807) is 0 Å². The maximum atomic E-state index is 6.56. The zero-order valence-electron chi connectivity index (χ0n) is 25.4. The van der Waals surface area contributed by atoms with Gasteiger partial charge in [-0.2, -0.15) is 0 Å². The fourth-order valence-electron chi connectivity index (χ4n) is 7.31. The van der Waals surface area contributed by atoms with Gasteiger partial charge >= 0.3 is 0 Å². The van der Waals surface area contributed by atoms with Gasteiger partial charge in [-0.15, -0.1) is 0 Å². The number of hydrogen-bond donors (Lipinski definition) is 0. The number of rotatable bonds is 3. The van der Waals surface area contributed by atoms with Gasteiger partial charge in [-0.3, -0.25) is 4.90 Å². The third-order valence-corrected chi connectivity index (χ3v) is 9.41. The molecule has 0 spiro atoms. The van der Waals surface area contributed by atoms with E-state index in [9.17, 15) is 0 Å². The molecule has 2 heterocycles. The third kappa shape index (κ3) is 4.00. The van der Waals surface area contributed by atoms with Crippen molar-refractivity contribution in [3.05, 3.63) is 164 Å². The Hall–Kier alpha value is -6.32. The lowest BCUT2D eigenvalue weighted by atomic mass is 9.90. The van der Waals surface area contributed by atoms with Crippen LogP contribution in [-0.2, 0) is 0 Å². The monoisotopic (exact) mass is 601 g/mol. The minimum atomic E-state index is 0.777. The minimum absolute atomic E-state index is 0.777. The van der Waals surface area contributed by atoms with Crippen molar-refractivity contribution in [3.8, 4) is 56.4 Å². The van der Waals surface area contributed by atoms with E-state index in [0.717, 1.165) is 62.3 Å². The second-order valence-corrected chi connectivity index (χ2v) is 12.1. The molecule has 2 aliphatic rings. The fourth-order valence-corrected chi connectivity index (χ4v) is 7.31. The lowest BCUT2D eigenvalue weighted by Gasteiger charge is -2.38. The third-order valence-electron chi connectivity index (χ3n) is 9.41. The average molecular weight is 602 g/mol. The number of benzene rings is 8. The van der Waals surface area contributed by atoms with Crippen molar-refractivity contribution in [1.29, 1.82) is 0 Å². The number of para-hydroxylation sites is 4. The summed E-state index contributed by atoms with van der Waals surface area (Å²) in [5.41, 5.74) is 9.87. The molecular formula is C44H27NO2. The molecule has 0 aliphatic carbocycles. The molecule has 0 saturated heterocycles. The normalized spacial score (nSPS) is 12.6. The molecule has 0 fully saturated rings. The van der Waals surface area contributed by atoms with Gasteiger partial charge in [0.25, 0.3) is 0 Å². The van der Waals surface area contributed by atoms with E-state index in [0.29, 0.717) is 0 Å². The van der Waals surface area contributed by atoms with Crippen molar-refractivity contribution in [2.45, 2.75) is 0 Å². The lowest BCUT2D eigenvalue weighted by molar-refractivity contribution is 0.446. The molecule has 0 radical (unpaired) electrons. The summed E-state index contributed by atoms with van der Waals surface area (Å²) in [6.45, 7) is 0. The lowest BCUT2D eigenvalue weighted by Crippen LogP contribution is -2.20. The van der Waals surface area contributed by atoms with Gasteiger partial charge in [0.15, 0.2) is 23.0 Å². The van der Waals surface area contributed by atoms with E-state index in [-0.39, 0.29) is 0 Å². The Balaban J connectivity index is 1.10.